The number of aryl methyl sites for hydroxylation is 2. The van der Waals surface area contributed by atoms with Gasteiger partial charge in [0.2, 0.25) is 0 Å². The Morgan fingerprint density at radius 2 is 0.722 bits per heavy atom. The van der Waals surface area contributed by atoms with Crippen molar-refractivity contribution in [1.82, 2.24) is 0 Å². The molecule has 0 aliphatic carbocycles. The molecule has 4 heteroatoms. The van der Waals surface area contributed by atoms with E-state index >= 15 is 0 Å². The maximum Gasteiger partial charge on any atom is 0.119 e. The molecule has 4 nitrogen and oxygen atoms in total. The molecule has 0 radical (unpaired) electrons. The molecule has 0 amide bonds. The fourth-order valence-electron chi connectivity index (χ4n) is 1.49. The fourth-order valence-corrected chi connectivity index (χ4v) is 1.49. The minimum Gasteiger partial charge on any atom is -0.508 e. The highest BCUT2D eigenvalue weighted by atomic mass is 16.3. The Balaban J connectivity index is 0.000000180. The van der Waals surface area contributed by atoms with Gasteiger partial charge in [0, 0.05) is 12.1 Å². The number of rotatable bonds is 0. The molecular formula is C14H16O4. The second kappa shape index (κ2) is 5.82. The van der Waals surface area contributed by atoms with Crippen LogP contribution in [-0.4, -0.2) is 20.4 Å². The first kappa shape index (κ1) is 13.7. The maximum absolute atomic E-state index is 8.83. The third-order valence-corrected chi connectivity index (χ3v) is 2.09. The summed E-state index contributed by atoms with van der Waals surface area (Å²) in [5, 5.41) is 35.3. The largest absolute Gasteiger partial charge is 0.508 e. The summed E-state index contributed by atoms with van der Waals surface area (Å²) in [5.41, 5.74) is 1.71. The second-order valence-electron chi connectivity index (χ2n) is 4.05. The van der Waals surface area contributed by atoms with Gasteiger partial charge in [-0.2, -0.15) is 0 Å². The van der Waals surface area contributed by atoms with Crippen LogP contribution in [0.25, 0.3) is 0 Å². The molecule has 0 unspecified atom stereocenters. The van der Waals surface area contributed by atoms with Gasteiger partial charge in [-0.05, 0) is 49.2 Å². The Kier molecular flexibility index (Phi) is 4.43. The number of aromatic hydroxyl groups is 4. The number of benzene rings is 2. The van der Waals surface area contributed by atoms with Crippen molar-refractivity contribution in [3.8, 4) is 23.0 Å². The predicted molar refractivity (Wildman–Crippen MR) is 69.0 cm³/mol. The van der Waals surface area contributed by atoms with Crippen LogP contribution in [0.4, 0.5) is 0 Å². The van der Waals surface area contributed by atoms with Crippen LogP contribution in [0.15, 0.2) is 36.4 Å². The smallest absolute Gasteiger partial charge is 0.119 e. The molecule has 2 rings (SSSR count). The third-order valence-electron chi connectivity index (χ3n) is 2.09. The van der Waals surface area contributed by atoms with E-state index in [2.05, 4.69) is 0 Å². The van der Waals surface area contributed by atoms with Gasteiger partial charge in [-0.1, -0.05) is 0 Å². The molecule has 0 atom stereocenters. The average Bonchev–Trinajstić information content (AvgIpc) is 2.12. The quantitative estimate of drug-likeness (QED) is 0.578. The van der Waals surface area contributed by atoms with E-state index < -0.39 is 0 Å². The van der Waals surface area contributed by atoms with Gasteiger partial charge in [-0.3, -0.25) is 0 Å². The van der Waals surface area contributed by atoms with Crippen molar-refractivity contribution in [3.05, 3.63) is 47.5 Å². The summed E-state index contributed by atoms with van der Waals surface area (Å²) in [7, 11) is 0. The second-order valence-corrected chi connectivity index (χ2v) is 4.05. The van der Waals surface area contributed by atoms with Crippen molar-refractivity contribution in [2.24, 2.45) is 0 Å². The van der Waals surface area contributed by atoms with E-state index in [1.807, 2.05) is 0 Å². The Hall–Kier alpha value is -2.36. The average molecular weight is 248 g/mol. The zero-order chi connectivity index (χ0) is 13.7. The molecule has 4 N–H and O–H groups in total. The predicted octanol–water partition coefficient (Wildman–Crippen LogP) is 2.81. The van der Waals surface area contributed by atoms with Crippen LogP contribution in [0.3, 0.4) is 0 Å². The lowest BCUT2D eigenvalue weighted by molar-refractivity contribution is 0.448. The zero-order valence-corrected chi connectivity index (χ0v) is 10.3. The summed E-state index contributed by atoms with van der Waals surface area (Å²) in [6.07, 6.45) is 0. The van der Waals surface area contributed by atoms with Crippen LogP contribution in [0, 0.1) is 13.8 Å². The molecule has 0 aliphatic rings. The summed E-state index contributed by atoms with van der Waals surface area (Å²) in [5.74, 6) is 0.417. The van der Waals surface area contributed by atoms with Crippen LogP contribution in [-0.2, 0) is 0 Å². The lowest BCUT2D eigenvalue weighted by Gasteiger charge is -1.95. The van der Waals surface area contributed by atoms with Crippen molar-refractivity contribution in [3.63, 3.8) is 0 Å². The molecule has 0 spiro atoms. The Labute approximate surface area is 105 Å². The van der Waals surface area contributed by atoms with Gasteiger partial charge in [0.15, 0.2) is 0 Å². The van der Waals surface area contributed by atoms with E-state index in [1.165, 1.54) is 12.1 Å². The first-order valence-corrected chi connectivity index (χ1v) is 5.36. The molecule has 0 aliphatic heterocycles. The molecule has 96 valence electrons. The van der Waals surface area contributed by atoms with Gasteiger partial charge < -0.3 is 20.4 Å². The third kappa shape index (κ3) is 4.65. The highest BCUT2D eigenvalue weighted by Crippen LogP contribution is 2.19. The van der Waals surface area contributed by atoms with E-state index in [0.29, 0.717) is 0 Å². The summed E-state index contributed by atoms with van der Waals surface area (Å²) in [6.45, 7) is 3.61. The van der Waals surface area contributed by atoms with Gasteiger partial charge >= 0.3 is 0 Å². The number of hydrogen-bond acceptors (Lipinski definition) is 4. The van der Waals surface area contributed by atoms with Crippen molar-refractivity contribution in [2.75, 3.05) is 0 Å². The van der Waals surface area contributed by atoms with Crippen molar-refractivity contribution < 1.29 is 20.4 Å². The number of hydrogen-bond donors (Lipinski definition) is 4. The van der Waals surface area contributed by atoms with Crippen LogP contribution in [0.2, 0.25) is 0 Å². The molecular weight excluding hydrogens is 232 g/mol. The Morgan fingerprint density at radius 1 is 0.500 bits per heavy atom. The summed E-state index contributed by atoms with van der Waals surface area (Å²) >= 11 is 0. The number of phenols is 4. The summed E-state index contributed by atoms with van der Waals surface area (Å²) < 4.78 is 0. The van der Waals surface area contributed by atoms with Crippen LogP contribution < -0.4 is 0 Å². The molecule has 0 heterocycles. The number of phenolic OH excluding ortho intramolecular Hbond substituents is 4. The maximum atomic E-state index is 8.83. The van der Waals surface area contributed by atoms with Gasteiger partial charge in [0.05, 0.1) is 0 Å². The molecule has 18 heavy (non-hydrogen) atoms. The van der Waals surface area contributed by atoms with Crippen molar-refractivity contribution >= 4 is 0 Å². The topological polar surface area (TPSA) is 80.9 Å². The first-order valence-electron chi connectivity index (χ1n) is 5.36. The molecule has 0 aromatic heterocycles. The molecule has 0 fully saturated rings. The Bertz CT molecular complexity index is 385. The van der Waals surface area contributed by atoms with Gasteiger partial charge in [-0.25, -0.2) is 0 Å². The highest BCUT2D eigenvalue weighted by Gasteiger charge is 1.92. The minimum absolute atomic E-state index is 0.104. The molecule has 0 bridgehead atoms. The van der Waals surface area contributed by atoms with Crippen LogP contribution in [0.1, 0.15) is 11.1 Å². The first-order chi connectivity index (χ1) is 8.36. The minimum atomic E-state index is 0.104. The van der Waals surface area contributed by atoms with Crippen LogP contribution in [0.5, 0.6) is 23.0 Å². The fraction of sp³-hybridized carbons (Fsp3) is 0.143. The van der Waals surface area contributed by atoms with E-state index in [1.54, 1.807) is 38.1 Å². The molecule has 0 saturated carbocycles. The van der Waals surface area contributed by atoms with Gasteiger partial charge in [0.1, 0.15) is 23.0 Å². The monoisotopic (exact) mass is 248 g/mol. The summed E-state index contributed by atoms with van der Waals surface area (Å²) in [4.78, 5) is 0. The van der Waals surface area contributed by atoms with Gasteiger partial charge in [-0.15, -0.1) is 0 Å². The molecule has 2 aromatic carbocycles. The van der Waals surface area contributed by atoms with Crippen molar-refractivity contribution in [2.45, 2.75) is 13.8 Å². The van der Waals surface area contributed by atoms with Gasteiger partial charge in [0.25, 0.3) is 0 Å². The zero-order valence-electron chi connectivity index (χ0n) is 10.3. The normalized spacial score (nSPS) is 9.44. The van der Waals surface area contributed by atoms with Crippen molar-refractivity contribution in [1.29, 1.82) is 0 Å². The van der Waals surface area contributed by atoms with E-state index in [0.717, 1.165) is 11.1 Å². The highest BCUT2D eigenvalue weighted by molar-refractivity contribution is 5.36. The summed E-state index contributed by atoms with van der Waals surface area (Å²) in [6, 6.07) is 8.93. The molecule has 0 saturated heterocycles. The lowest BCUT2D eigenvalue weighted by Crippen LogP contribution is -1.70. The van der Waals surface area contributed by atoms with Crippen LogP contribution >= 0.6 is 0 Å². The van der Waals surface area contributed by atoms with E-state index in [9.17, 15) is 0 Å². The standard InChI is InChI=1S/2C7H8O2/c2*1-5-2-6(8)4-7(9)3-5/h2*2-4,8-9H,1H3. The van der Waals surface area contributed by atoms with E-state index in [4.69, 9.17) is 20.4 Å². The van der Waals surface area contributed by atoms with E-state index in [-0.39, 0.29) is 23.0 Å². The molecule has 2 aromatic rings. The Morgan fingerprint density at radius 3 is 0.889 bits per heavy atom. The lowest BCUT2D eigenvalue weighted by atomic mass is 10.2. The SMILES string of the molecule is Cc1cc(O)cc(O)c1.Cc1cc(O)cc(O)c1.